The van der Waals surface area contributed by atoms with Crippen LogP contribution in [-0.4, -0.2) is 23.9 Å². The third-order valence-corrected chi connectivity index (χ3v) is 3.27. The number of unbranched alkanes of at least 4 members (excludes halogenated alkanes) is 3. The Morgan fingerprint density at radius 2 is 2.15 bits per heavy atom. The van der Waals surface area contributed by atoms with Crippen molar-refractivity contribution in [2.45, 2.75) is 51.5 Å². The Labute approximate surface area is 122 Å². The monoisotopic (exact) mass is 277 g/mol. The molecule has 0 bridgehead atoms. The van der Waals surface area contributed by atoms with Crippen molar-refractivity contribution in [3.63, 3.8) is 0 Å². The molecule has 1 aromatic rings. The standard InChI is InChI=1S/C16H27N3O/c1-4-6-7-8-9-10-14(17-13-5-2)15-11-12-16(20-3)19-18-15/h4,11-12,14,17H,1,5-10,13H2,2-3H3. The lowest BCUT2D eigenvalue weighted by Crippen LogP contribution is -2.23. The molecular weight excluding hydrogens is 250 g/mol. The molecule has 0 aromatic carbocycles. The highest BCUT2D eigenvalue weighted by molar-refractivity contribution is 5.14. The van der Waals surface area contributed by atoms with Gasteiger partial charge in [-0.15, -0.1) is 11.7 Å². The lowest BCUT2D eigenvalue weighted by Gasteiger charge is -2.17. The van der Waals surface area contributed by atoms with E-state index in [4.69, 9.17) is 4.74 Å². The highest BCUT2D eigenvalue weighted by atomic mass is 16.5. The van der Waals surface area contributed by atoms with Crippen LogP contribution in [0.25, 0.3) is 0 Å². The first-order valence-electron chi connectivity index (χ1n) is 7.53. The first kappa shape index (κ1) is 16.6. The molecule has 0 aliphatic rings. The van der Waals surface area contributed by atoms with E-state index >= 15 is 0 Å². The maximum Gasteiger partial charge on any atom is 0.233 e. The molecule has 0 aliphatic heterocycles. The molecule has 1 unspecified atom stereocenters. The van der Waals surface area contributed by atoms with Crippen molar-refractivity contribution in [2.75, 3.05) is 13.7 Å². The van der Waals surface area contributed by atoms with Crippen molar-refractivity contribution in [3.8, 4) is 5.88 Å². The maximum atomic E-state index is 5.05. The predicted molar refractivity (Wildman–Crippen MR) is 82.9 cm³/mol. The molecule has 4 heteroatoms. The summed E-state index contributed by atoms with van der Waals surface area (Å²) in [5.74, 6) is 0.564. The van der Waals surface area contributed by atoms with Gasteiger partial charge in [0.2, 0.25) is 5.88 Å². The van der Waals surface area contributed by atoms with E-state index in [-0.39, 0.29) is 6.04 Å². The molecule has 4 nitrogen and oxygen atoms in total. The van der Waals surface area contributed by atoms with Crippen LogP contribution >= 0.6 is 0 Å². The van der Waals surface area contributed by atoms with Gasteiger partial charge in [0.1, 0.15) is 0 Å². The summed E-state index contributed by atoms with van der Waals surface area (Å²) in [4.78, 5) is 0. The van der Waals surface area contributed by atoms with E-state index in [0.29, 0.717) is 5.88 Å². The van der Waals surface area contributed by atoms with Crippen molar-refractivity contribution >= 4 is 0 Å². The first-order valence-corrected chi connectivity index (χ1v) is 7.53. The minimum absolute atomic E-state index is 0.289. The summed E-state index contributed by atoms with van der Waals surface area (Å²) in [7, 11) is 1.61. The quantitative estimate of drug-likeness (QED) is 0.495. The molecule has 1 heterocycles. The summed E-state index contributed by atoms with van der Waals surface area (Å²) in [5, 5.41) is 11.9. The Morgan fingerprint density at radius 3 is 2.75 bits per heavy atom. The van der Waals surface area contributed by atoms with Crippen molar-refractivity contribution in [1.29, 1.82) is 0 Å². The second kappa shape index (κ2) is 10.4. The molecule has 1 N–H and O–H groups in total. The fourth-order valence-corrected chi connectivity index (χ4v) is 2.11. The summed E-state index contributed by atoms with van der Waals surface area (Å²) in [6.07, 6.45) is 8.97. The number of ether oxygens (including phenoxy) is 1. The fraction of sp³-hybridized carbons (Fsp3) is 0.625. The number of hydrogen-bond acceptors (Lipinski definition) is 4. The molecule has 1 atom stereocenters. The molecule has 112 valence electrons. The highest BCUT2D eigenvalue weighted by Crippen LogP contribution is 2.19. The number of methoxy groups -OCH3 is 1. The topological polar surface area (TPSA) is 47.0 Å². The van der Waals surface area contributed by atoms with Crippen LogP contribution in [0.4, 0.5) is 0 Å². The summed E-state index contributed by atoms with van der Waals surface area (Å²) < 4.78 is 5.05. The summed E-state index contributed by atoms with van der Waals surface area (Å²) in [6, 6.07) is 4.17. The van der Waals surface area contributed by atoms with E-state index in [1.807, 2.05) is 18.2 Å². The summed E-state index contributed by atoms with van der Waals surface area (Å²) in [5.41, 5.74) is 1.00. The Bertz CT molecular complexity index is 364. The minimum Gasteiger partial charge on any atom is -0.480 e. The summed E-state index contributed by atoms with van der Waals surface area (Å²) in [6.45, 7) is 6.93. The van der Waals surface area contributed by atoms with Crippen LogP contribution < -0.4 is 10.1 Å². The zero-order valence-corrected chi connectivity index (χ0v) is 12.8. The van der Waals surface area contributed by atoms with Crippen LogP contribution in [-0.2, 0) is 0 Å². The van der Waals surface area contributed by atoms with Gasteiger partial charge in [-0.25, -0.2) is 0 Å². The second-order valence-corrected chi connectivity index (χ2v) is 4.93. The predicted octanol–water partition coefficient (Wildman–Crippen LogP) is 3.66. The molecule has 1 aromatic heterocycles. The van der Waals surface area contributed by atoms with Crippen LogP contribution in [0.15, 0.2) is 24.8 Å². The van der Waals surface area contributed by atoms with Crippen molar-refractivity contribution < 1.29 is 4.74 Å². The van der Waals surface area contributed by atoms with Gasteiger partial charge in [-0.05, 0) is 38.3 Å². The van der Waals surface area contributed by atoms with Crippen LogP contribution in [0.2, 0.25) is 0 Å². The Balaban J connectivity index is 2.50. The van der Waals surface area contributed by atoms with Crippen LogP contribution in [0.5, 0.6) is 5.88 Å². The van der Waals surface area contributed by atoms with Gasteiger partial charge in [-0.3, -0.25) is 0 Å². The van der Waals surface area contributed by atoms with E-state index in [1.54, 1.807) is 7.11 Å². The zero-order valence-electron chi connectivity index (χ0n) is 12.8. The number of allylic oxidation sites excluding steroid dienone is 1. The normalized spacial score (nSPS) is 12.1. The van der Waals surface area contributed by atoms with Gasteiger partial charge in [-0.1, -0.05) is 25.8 Å². The van der Waals surface area contributed by atoms with Crippen molar-refractivity contribution in [3.05, 3.63) is 30.5 Å². The van der Waals surface area contributed by atoms with Crippen LogP contribution in [0.1, 0.15) is 57.2 Å². The molecule has 0 fully saturated rings. The summed E-state index contributed by atoms with van der Waals surface area (Å²) >= 11 is 0. The van der Waals surface area contributed by atoms with Crippen LogP contribution in [0.3, 0.4) is 0 Å². The average Bonchev–Trinajstić information content (AvgIpc) is 2.50. The number of nitrogens with zero attached hydrogens (tertiary/aromatic N) is 2. The highest BCUT2D eigenvalue weighted by Gasteiger charge is 2.12. The van der Waals surface area contributed by atoms with Gasteiger partial charge >= 0.3 is 0 Å². The van der Waals surface area contributed by atoms with E-state index in [1.165, 1.54) is 19.3 Å². The van der Waals surface area contributed by atoms with Gasteiger partial charge in [0.05, 0.1) is 18.8 Å². The van der Waals surface area contributed by atoms with E-state index in [2.05, 4.69) is 29.0 Å². The van der Waals surface area contributed by atoms with E-state index in [9.17, 15) is 0 Å². The largest absolute Gasteiger partial charge is 0.480 e. The Hall–Kier alpha value is -1.42. The number of aromatic nitrogens is 2. The third kappa shape index (κ3) is 6.15. The molecule has 0 spiro atoms. The lowest BCUT2D eigenvalue weighted by molar-refractivity contribution is 0.387. The molecule has 0 aliphatic carbocycles. The maximum absolute atomic E-state index is 5.05. The molecule has 20 heavy (non-hydrogen) atoms. The second-order valence-electron chi connectivity index (χ2n) is 4.93. The molecular formula is C16H27N3O. The fourth-order valence-electron chi connectivity index (χ4n) is 2.11. The lowest BCUT2D eigenvalue weighted by atomic mass is 10.0. The SMILES string of the molecule is C=CCCCCCC(NCCC)c1ccc(OC)nn1. The van der Waals surface area contributed by atoms with Crippen LogP contribution in [0, 0.1) is 0 Å². The first-order chi connectivity index (χ1) is 9.81. The van der Waals surface area contributed by atoms with Gasteiger partial charge in [0.15, 0.2) is 0 Å². The molecule has 0 saturated carbocycles. The molecule has 0 radical (unpaired) electrons. The average molecular weight is 277 g/mol. The smallest absolute Gasteiger partial charge is 0.233 e. The zero-order chi connectivity index (χ0) is 14.6. The number of rotatable bonds is 11. The van der Waals surface area contributed by atoms with Gasteiger partial charge in [0.25, 0.3) is 0 Å². The van der Waals surface area contributed by atoms with Gasteiger partial charge in [-0.2, -0.15) is 5.10 Å². The van der Waals surface area contributed by atoms with Gasteiger partial charge in [0, 0.05) is 6.07 Å². The minimum atomic E-state index is 0.289. The van der Waals surface area contributed by atoms with E-state index in [0.717, 1.165) is 31.5 Å². The number of hydrogen-bond donors (Lipinski definition) is 1. The Morgan fingerprint density at radius 1 is 1.30 bits per heavy atom. The molecule has 1 rings (SSSR count). The molecule has 0 amide bonds. The Kier molecular flexibility index (Phi) is 8.63. The third-order valence-electron chi connectivity index (χ3n) is 3.27. The van der Waals surface area contributed by atoms with E-state index < -0.39 is 0 Å². The number of nitrogens with one attached hydrogen (secondary N) is 1. The van der Waals surface area contributed by atoms with Crippen molar-refractivity contribution in [2.24, 2.45) is 0 Å². The van der Waals surface area contributed by atoms with Crippen molar-refractivity contribution in [1.82, 2.24) is 15.5 Å². The molecule has 0 saturated heterocycles. The van der Waals surface area contributed by atoms with Gasteiger partial charge < -0.3 is 10.1 Å².